The van der Waals surface area contributed by atoms with Crippen molar-refractivity contribution >= 4 is 17.5 Å². The van der Waals surface area contributed by atoms with E-state index in [2.05, 4.69) is 42.1 Å². The average molecular weight is 356 g/mol. The highest BCUT2D eigenvalue weighted by atomic mass is 32.2. The van der Waals surface area contributed by atoms with Crippen LogP contribution in [0, 0.1) is 27.7 Å². The van der Waals surface area contributed by atoms with Crippen molar-refractivity contribution in [2.24, 2.45) is 0 Å². The Kier molecular flexibility index (Phi) is 5.13. The number of rotatable bonds is 7. The molecular formula is C20H25N3OS. The Morgan fingerprint density at radius 1 is 1.24 bits per heavy atom. The summed E-state index contributed by atoms with van der Waals surface area (Å²) in [4.78, 5) is 12.8. The molecule has 132 valence electrons. The number of aryl methyl sites for hydroxylation is 1. The van der Waals surface area contributed by atoms with Gasteiger partial charge in [-0.2, -0.15) is 0 Å². The van der Waals surface area contributed by atoms with Crippen LogP contribution in [0.2, 0.25) is 0 Å². The molecule has 0 saturated heterocycles. The van der Waals surface area contributed by atoms with Crippen LogP contribution in [0.4, 0.5) is 0 Å². The average Bonchev–Trinajstić information content (AvgIpc) is 3.36. The molecule has 0 amide bonds. The summed E-state index contributed by atoms with van der Waals surface area (Å²) in [7, 11) is 0. The van der Waals surface area contributed by atoms with Gasteiger partial charge in [0.05, 0.1) is 5.75 Å². The van der Waals surface area contributed by atoms with Crippen LogP contribution >= 0.6 is 11.8 Å². The van der Waals surface area contributed by atoms with Crippen LogP contribution in [-0.2, 0) is 6.54 Å². The normalized spacial score (nSPS) is 13.9. The van der Waals surface area contributed by atoms with Gasteiger partial charge in [0.15, 0.2) is 10.9 Å². The molecular weight excluding hydrogens is 330 g/mol. The zero-order valence-electron chi connectivity index (χ0n) is 15.4. The SMILES string of the molecule is C=CCn1c(SCC(=O)c2cc(C)c(C)c(C)c2C)nnc1C1CC1. The summed E-state index contributed by atoms with van der Waals surface area (Å²) in [5, 5.41) is 9.46. The van der Waals surface area contributed by atoms with E-state index in [9.17, 15) is 4.79 Å². The van der Waals surface area contributed by atoms with Gasteiger partial charge in [0.2, 0.25) is 0 Å². The highest BCUT2D eigenvalue weighted by molar-refractivity contribution is 7.99. The molecule has 1 fully saturated rings. The molecule has 1 heterocycles. The molecule has 0 unspecified atom stereocenters. The molecule has 0 N–H and O–H groups in total. The van der Waals surface area contributed by atoms with E-state index < -0.39 is 0 Å². The molecule has 1 aromatic heterocycles. The fraction of sp³-hybridized carbons (Fsp3) is 0.450. The third kappa shape index (κ3) is 3.56. The first-order valence-corrected chi connectivity index (χ1v) is 9.70. The second kappa shape index (κ2) is 7.16. The Bertz CT molecular complexity index is 834. The minimum atomic E-state index is 0.148. The van der Waals surface area contributed by atoms with Crippen LogP contribution in [0.1, 0.15) is 57.2 Å². The lowest BCUT2D eigenvalue weighted by molar-refractivity contribution is 0.102. The fourth-order valence-corrected chi connectivity index (χ4v) is 3.90. The van der Waals surface area contributed by atoms with Crippen LogP contribution in [0.5, 0.6) is 0 Å². The number of nitrogens with zero attached hydrogens (tertiary/aromatic N) is 3. The van der Waals surface area contributed by atoms with Crippen molar-refractivity contribution in [3.63, 3.8) is 0 Å². The topological polar surface area (TPSA) is 47.8 Å². The maximum atomic E-state index is 12.8. The van der Waals surface area contributed by atoms with Crippen molar-refractivity contribution in [1.29, 1.82) is 0 Å². The summed E-state index contributed by atoms with van der Waals surface area (Å²) in [6, 6.07) is 2.02. The lowest BCUT2D eigenvalue weighted by Crippen LogP contribution is -2.09. The van der Waals surface area contributed by atoms with Crippen LogP contribution in [0.3, 0.4) is 0 Å². The van der Waals surface area contributed by atoms with E-state index in [1.54, 1.807) is 0 Å². The van der Waals surface area contributed by atoms with Crippen LogP contribution < -0.4 is 0 Å². The molecule has 1 aliphatic carbocycles. The molecule has 2 aromatic rings. The van der Waals surface area contributed by atoms with Gasteiger partial charge in [0.1, 0.15) is 5.82 Å². The second-order valence-corrected chi connectivity index (χ2v) is 7.78. The Labute approximate surface area is 153 Å². The third-order valence-electron chi connectivity index (χ3n) is 5.11. The highest BCUT2D eigenvalue weighted by Crippen LogP contribution is 2.40. The maximum absolute atomic E-state index is 12.8. The Morgan fingerprint density at radius 3 is 2.60 bits per heavy atom. The smallest absolute Gasteiger partial charge is 0.191 e. The van der Waals surface area contributed by atoms with E-state index in [4.69, 9.17) is 0 Å². The molecule has 25 heavy (non-hydrogen) atoms. The molecule has 3 rings (SSSR count). The first-order valence-electron chi connectivity index (χ1n) is 8.71. The predicted molar refractivity (Wildman–Crippen MR) is 103 cm³/mol. The molecule has 0 radical (unpaired) electrons. The molecule has 1 saturated carbocycles. The van der Waals surface area contributed by atoms with Gasteiger partial charge in [-0.25, -0.2) is 0 Å². The number of carbonyl (C=O) groups is 1. The van der Waals surface area contributed by atoms with Crippen molar-refractivity contribution in [2.75, 3.05) is 5.75 Å². The largest absolute Gasteiger partial charge is 0.302 e. The van der Waals surface area contributed by atoms with Crippen molar-refractivity contribution in [3.05, 3.63) is 52.4 Å². The van der Waals surface area contributed by atoms with Gasteiger partial charge >= 0.3 is 0 Å². The van der Waals surface area contributed by atoms with E-state index >= 15 is 0 Å². The monoisotopic (exact) mass is 355 g/mol. The first kappa shape index (κ1) is 17.9. The lowest BCUT2D eigenvalue weighted by Gasteiger charge is -2.13. The number of benzene rings is 1. The van der Waals surface area contributed by atoms with Crippen LogP contribution in [0.15, 0.2) is 23.9 Å². The summed E-state index contributed by atoms with van der Waals surface area (Å²) >= 11 is 1.47. The zero-order chi connectivity index (χ0) is 18.1. The van der Waals surface area contributed by atoms with Gasteiger partial charge in [-0.1, -0.05) is 17.8 Å². The van der Waals surface area contributed by atoms with Crippen molar-refractivity contribution in [1.82, 2.24) is 14.8 Å². The highest BCUT2D eigenvalue weighted by Gasteiger charge is 2.30. The van der Waals surface area contributed by atoms with E-state index in [1.807, 2.05) is 19.1 Å². The molecule has 4 nitrogen and oxygen atoms in total. The van der Waals surface area contributed by atoms with Gasteiger partial charge in [-0.05, 0) is 68.9 Å². The number of ketones is 1. The van der Waals surface area contributed by atoms with Gasteiger partial charge in [0.25, 0.3) is 0 Å². The third-order valence-corrected chi connectivity index (χ3v) is 6.08. The van der Waals surface area contributed by atoms with Gasteiger partial charge in [-0.3, -0.25) is 4.79 Å². The molecule has 0 spiro atoms. The number of carbonyl (C=O) groups excluding carboxylic acids is 1. The molecule has 5 heteroatoms. The van der Waals surface area contributed by atoms with E-state index in [1.165, 1.54) is 41.3 Å². The van der Waals surface area contributed by atoms with Crippen LogP contribution in [0.25, 0.3) is 0 Å². The quantitative estimate of drug-likeness (QED) is 0.415. The molecule has 1 aromatic carbocycles. The van der Waals surface area contributed by atoms with Gasteiger partial charge in [0, 0.05) is 18.0 Å². The van der Waals surface area contributed by atoms with E-state index in [-0.39, 0.29) is 5.78 Å². The Hall–Kier alpha value is -1.88. The predicted octanol–water partition coefficient (Wildman–Crippen LogP) is 4.55. The summed E-state index contributed by atoms with van der Waals surface area (Å²) in [5.41, 5.74) is 5.55. The number of Topliss-reactive ketones (excluding diaryl/α,β-unsaturated/α-hetero) is 1. The molecule has 0 atom stereocenters. The summed E-state index contributed by atoms with van der Waals surface area (Å²) < 4.78 is 2.10. The van der Waals surface area contributed by atoms with E-state index in [0.29, 0.717) is 18.2 Å². The standard InChI is InChI=1S/C20H25N3OS/c1-6-9-23-19(16-7-8-16)21-22-20(23)25-11-18(24)17-10-12(2)13(3)14(4)15(17)5/h6,10,16H,1,7-9,11H2,2-5H3. The molecule has 1 aliphatic rings. The second-order valence-electron chi connectivity index (χ2n) is 6.84. The number of hydrogen-bond donors (Lipinski definition) is 0. The number of hydrogen-bond acceptors (Lipinski definition) is 4. The minimum Gasteiger partial charge on any atom is -0.302 e. The lowest BCUT2D eigenvalue weighted by atomic mass is 9.93. The summed E-state index contributed by atoms with van der Waals surface area (Å²) in [6.45, 7) is 12.8. The number of thioether (sulfide) groups is 1. The van der Waals surface area contributed by atoms with Crippen molar-refractivity contribution in [2.45, 2.75) is 58.2 Å². The van der Waals surface area contributed by atoms with Crippen LogP contribution in [-0.4, -0.2) is 26.3 Å². The van der Waals surface area contributed by atoms with E-state index in [0.717, 1.165) is 22.1 Å². The Balaban J connectivity index is 1.78. The molecule has 0 aliphatic heterocycles. The van der Waals surface area contributed by atoms with Gasteiger partial charge in [-0.15, -0.1) is 16.8 Å². The first-order chi connectivity index (χ1) is 11.9. The minimum absolute atomic E-state index is 0.148. The number of allylic oxidation sites excluding steroid dienone is 1. The van der Waals surface area contributed by atoms with Crippen molar-refractivity contribution < 1.29 is 4.79 Å². The Morgan fingerprint density at radius 2 is 1.96 bits per heavy atom. The van der Waals surface area contributed by atoms with Gasteiger partial charge < -0.3 is 4.57 Å². The number of aromatic nitrogens is 3. The van der Waals surface area contributed by atoms with Crippen molar-refractivity contribution in [3.8, 4) is 0 Å². The summed E-state index contributed by atoms with van der Waals surface area (Å²) in [6.07, 6.45) is 4.22. The zero-order valence-corrected chi connectivity index (χ0v) is 16.2. The fourth-order valence-electron chi connectivity index (χ4n) is 3.06. The summed E-state index contributed by atoms with van der Waals surface area (Å²) in [5.74, 6) is 2.09. The maximum Gasteiger partial charge on any atom is 0.191 e. The molecule has 0 bridgehead atoms.